The van der Waals surface area contributed by atoms with Gasteiger partial charge in [0.2, 0.25) is 5.91 Å². The molecular formula is C14H26N2O. The highest BCUT2D eigenvalue weighted by Crippen LogP contribution is 2.37. The highest BCUT2D eigenvalue weighted by atomic mass is 16.2. The Balaban J connectivity index is 1.66. The molecule has 0 aromatic heterocycles. The molecule has 2 N–H and O–H groups in total. The van der Waals surface area contributed by atoms with Crippen LogP contribution in [0.5, 0.6) is 0 Å². The van der Waals surface area contributed by atoms with E-state index in [1.807, 2.05) is 0 Å². The number of hydrogen-bond donors (Lipinski definition) is 2. The van der Waals surface area contributed by atoms with Crippen LogP contribution in [0, 0.1) is 11.8 Å². The number of rotatable bonds is 6. The van der Waals surface area contributed by atoms with Crippen LogP contribution in [-0.2, 0) is 4.79 Å². The molecular weight excluding hydrogens is 212 g/mol. The van der Waals surface area contributed by atoms with Gasteiger partial charge in [-0.05, 0) is 37.6 Å². The smallest absolute Gasteiger partial charge is 0.237 e. The van der Waals surface area contributed by atoms with Crippen molar-refractivity contribution in [3.8, 4) is 0 Å². The minimum absolute atomic E-state index is 0.105. The molecule has 0 bridgehead atoms. The molecule has 0 radical (unpaired) electrons. The van der Waals surface area contributed by atoms with Gasteiger partial charge in [0.05, 0.1) is 6.04 Å². The lowest BCUT2D eigenvalue weighted by atomic mass is 9.93. The van der Waals surface area contributed by atoms with Crippen molar-refractivity contribution in [2.45, 2.75) is 57.9 Å². The molecule has 0 aromatic rings. The van der Waals surface area contributed by atoms with Gasteiger partial charge in [-0.3, -0.25) is 4.79 Å². The average Bonchev–Trinajstić information content (AvgIpc) is 2.90. The van der Waals surface area contributed by atoms with E-state index in [9.17, 15) is 4.79 Å². The van der Waals surface area contributed by atoms with Gasteiger partial charge in [-0.1, -0.05) is 32.6 Å². The second-order valence-corrected chi connectivity index (χ2v) is 5.59. The Bertz CT molecular complexity index is 255. The van der Waals surface area contributed by atoms with Gasteiger partial charge in [0.25, 0.3) is 0 Å². The zero-order valence-corrected chi connectivity index (χ0v) is 11.0. The van der Waals surface area contributed by atoms with Crippen LogP contribution < -0.4 is 10.6 Å². The van der Waals surface area contributed by atoms with Gasteiger partial charge in [-0.15, -0.1) is 0 Å². The zero-order chi connectivity index (χ0) is 12.1. The molecule has 3 unspecified atom stereocenters. The van der Waals surface area contributed by atoms with Crippen molar-refractivity contribution in [1.82, 2.24) is 10.6 Å². The third-order valence-corrected chi connectivity index (χ3v) is 4.36. The van der Waals surface area contributed by atoms with Crippen molar-refractivity contribution in [2.24, 2.45) is 11.8 Å². The van der Waals surface area contributed by atoms with E-state index in [2.05, 4.69) is 17.6 Å². The van der Waals surface area contributed by atoms with Crippen molar-refractivity contribution in [3.05, 3.63) is 0 Å². The Labute approximate surface area is 105 Å². The first kappa shape index (κ1) is 12.9. The molecule has 3 nitrogen and oxygen atoms in total. The van der Waals surface area contributed by atoms with Gasteiger partial charge in [0.15, 0.2) is 0 Å². The monoisotopic (exact) mass is 238 g/mol. The normalized spacial score (nSPS) is 31.5. The maximum absolute atomic E-state index is 12.0. The molecule has 0 spiro atoms. The van der Waals surface area contributed by atoms with E-state index >= 15 is 0 Å². The molecule has 2 rings (SSSR count). The lowest BCUT2D eigenvalue weighted by Crippen LogP contribution is -2.44. The van der Waals surface area contributed by atoms with Crippen molar-refractivity contribution >= 4 is 5.91 Å². The number of amides is 1. The second kappa shape index (κ2) is 6.39. The number of carbonyl (C=O) groups excluding carboxylic acids is 1. The van der Waals surface area contributed by atoms with Crippen LogP contribution in [0.15, 0.2) is 0 Å². The molecule has 1 saturated heterocycles. The Hall–Kier alpha value is -0.570. The fourth-order valence-corrected chi connectivity index (χ4v) is 3.35. The summed E-state index contributed by atoms with van der Waals surface area (Å²) in [6.45, 7) is 4.12. The largest absolute Gasteiger partial charge is 0.355 e. The molecule has 1 saturated carbocycles. The standard InChI is InChI=1S/C14H26N2O/c1-2-3-4-5-9-15-14(17)13-12-8-6-7-11(12)10-16-13/h11-13,16H,2-10H2,1H3,(H,15,17). The van der Waals surface area contributed by atoms with Crippen LogP contribution in [0.4, 0.5) is 0 Å². The van der Waals surface area contributed by atoms with E-state index in [0.717, 1.165) is 25.4 Å². The van der Waals surface area contributed by atoms with Crippen LogP contribution >= 0.6 is 0 Å². The molecule has 3 atom stereocenters. The predicted octanol–water partition coefficient (Wildman–Crippen LogP) is 2.07. The minimum atomic E-state index is 0.105. The van der Waals surface area contributed by atoms with Gasteiger partial charge in [0, 0.05) is 6.54 Å². The molecule has 17 heavy (non-hydrogen) atoms. The van der Waals surface area contributed by atoms with Crippen LogP contribution in [0.25, 0.3) is 0 Å². The second-order valence-electron chi connectivity index (χ2n) is 5.59. The first-order valence-corrected chi connectivity index (χ1v) is 7.34. The predicted molar refractivity (Wildman–Crippen MR) is 69.8 cm³/mol. The van der Waals surface area contributed by atoms with E-state index in [-0.39, 0.29) is 11.9 Å². The number of carbonyl (C=O) groups is 1. The maximum Gasteiger partial charge on any atom is 0.237 e. The maximum atomic E-state index is 12.0. The zero-order valence-electron chi connectivity index (χ0n) is 11.0. The molecule has 0 aromatic carbocycles. The Morgan fingerprint density at radius 3 is 3.00 bits per heavy atom. The van der Waals surface area contributed by atoms with Crippen LogP contribution in [-0.4, -0.2) is 25.0 Å². The fraction of sp³-hybridized carbons (Fsp3) is 0.929. The lowest BCUT2D eigenvalue weighted by molar-refractivity contribution is -0.123. The number of nitrogens with one attached hydrogen (secondary N) is 2. The molecule has 1 amide bonds. The number of hydrogen-bond acceptors (Lipinski definition) is 2. The Kier molecular flexibility index (Phi) is 4.84. The van der Waals surface area contributed by atoms with E-state index in [4.69, 9.17) is 0 Å². The Morgan fingerprint density at radius 2 is 2.18 bits per heavy atom. The summed E-state index contributed by atoms with van der Waals surface area (Å²) in [5.74, 6) is 1.63. The van der Waals surface area contributed by atoms with Gasteiger partial charge in [-0.2, -0.15) is 0 Å². The summed E-state index contributed by atoms with van der Waals surface area (Å²) >= 11 is 0. The summed E-state index contributed by atoms with van der Waals surface area (Å²) in [7, 11) is 0. The third-order valence-electron chi connectivity index (χ3n) is 4.36. The molecule has 98 valence electrons. The highest BCUT2D eigenvalue weighted by Gasteiger charge is 2.42. The quantitative estimate of drug-likeness (QED) is 0.696. The molecule has 3 heteroatoms. The van der Waals surface area contributed by atoms with Crippen molar-refractivity contribution in [2.75, 3.05) is 13.1 Å². The van der Waals surface area contributed by atoms with Gasteiger partial charge in [0.1, 0.15) is 0 Å². The molecule has 1 heterocycles. The van der Waals surface area contributed by atoms with Gasteiger partial charge in [-0.25, -0.2) is 0 Å². The van der Waals surface area contributed by atoms with Gasteiger partial charge < -0.3 is 10.6 Å². The van der Waals surface area contributed by atoms with Crippen LogP contribution in [0.2, 0.25) is 0 Å². The third kappa shape index (κ3) is 3.21. The summed E-state index contributed by atoms with van der Waals surface area (Å²) in [6.07, 6.45) is 8.77. The topological polar surface area (TPSA) is 41.1 Å². The average molecular weight is 238 g/mol. The number of fused-ring (bicyclic) bond motifs is 1. The van der Waals surface area contributed by atoms with Crippen LogP contribution in [0.1, 0.15) is 51.9 Å². The van der Waals surface area contributed by atoms with Crippen molar-refractivity contribution in [3.63, 3.8) is 0 Å². The highest BCUT2D eigenvalue weighted by molar-refractivity contribution is 5.82. The number of unbranched alkanes of at least 4 members (excludes halogenated alkanes) is 3. The summed E-state index contributed by atoms with van der Waals surface area (Å²) < 4.78 is 0. The van der Waals surface area contributed by atoms with E-state index in [1.54, 1.807) is 0 Å². The molecule has 2 fully saturated rings. The van der Waals surface area contributed by atoms with Crippen LogP contribution in [0.3, 0.4) is 0 Å². The fourth-order valence-electron chi connectivity index (χ4n) is 3.35. The summed E-state index contributed by atoms with van der Waals surface area (Å²) in [5.41, 5.74) is 0. The minimum Gasteiger partial charge on any atom is -0.355 e. The molecule has 1 aliphatic carbocycles. The van der Waals surface area contributed by atoms with Gasteiger partial charge >= 0.3 is 0 Å². The SMILES string of the molecule is CCCCCCNC(=O)C1NCC2CCCC21. The first-order valence-electron chi connectivity index (χ1n) is 7.34. The lowest BCUT2D eigenvalue weighted by Gasteiger charge is -2.17. The van der Waals surface area contributed by atoms with Crippen molar-refractivity contribution in [1.29, 1.82) is 0 Å². The summed E-state index contributed by atoms with van der Waals surface area (Å²) in [5, 5.41) is 6.49. The summed E-state index contributed by atoms with van der Waals surface area (Å²) in [4.78, 5) is 12.0. The molecule has 1 aliphatic heterocycles. The van der Waals surface area contributed by atoms with E-state index in [0.29, 0.717) is 5.92 Å². The first-order chi connectivity index (χ1) is 8.33. The Morgan fingerprint density at radius 1 is 1.29 bits per heavy atom. The summed E-state index contributed by atoms with van der Waals surface area (Å²) in [6, 6.07) is 0.105. The molecule has 2 aliphatic rings. The van der Waals surface area contributed by atoms with Crippen molar-refractivity contribution < 1.29 is 4.79 Å². The van der Waals surface area contributed by atoms with E-state index < -0.39 is 0 Å². The van der Waals surface area contributed by atoms with E-state index in [1.165, 1.54) is 38.5 Å².